The Labute approximate surface area is 287 Å². The molecule has 252 valence electrons. The predicted molar refractivity (Wildman–Crippen MR) is 187 cm³/mol. The number of thiophene rings is 1. The highest BCUT2D eigenvalue weighted by molar-refractivity contribution is 7.16. The molecule has 0 aromatic carbocycles. The van der Waals surface area contributed by atoms with Crippen molar-refractivity contribution in [3.8, 4) is 23.5 Å². The number of fused-ring (bicyclic) bond motifs is 4. The molecule has 4 N–H and O–H groups in total. The third-order valence-electron chi connectivity index (χ3n) is 11.5. The minimum Gasteiger partial charge on any atom is -0.473 e. The summed E-state index contributed by atoms with van der Waals surface area (Å²) < 4.78 is 14.9. The molecule has 14 heteroatoms. The molecule has 5 aromatic rings. The van der Waals surface area contributed by atoms with Crippen molar-refractivity contribution in [3.05, 3.63) is 51.2 Å². The van der Waals surface area contributed by atoms with E-state index in [-0.39, 0.29) is 12.1 Å². The SMILES string of the molecule is C[C@@H]([C@@H]1CCCN1C)n1nc2c3c(nc(-c4noc5c4CCC[C@@]54CCCc5sc(N)c(C#N)c54)nc31)N(C)C(c1cccnc1N)CO2. The fourth-order valence-electron chi connectivity index (χ4n) is 9.09. The van der Waals surface area contributed by atoms with E-state index in [1.54, 1.807) is 17.5 Å². The first-order valence-corrected chi connectivity index (χ1v) is 18.0. The summed E-state index contributed by atoms with van der Waals surface area (Å²) in [5.74, 6) is 2.96. The lowest BCUT2D eigenvalue weighted by molar-refractivity contribution is 0.225. The molecule has 2 aliphatic carbocycles. The Bertz CT molecular complexity index is 2160. The van der Waals surface area contributed by atoms with Crippen LogP contribution < -0.4 is 21.1 Å². The normalized spacial score (nSPS) is 24.0. The standard InChI is InChI=1S/C35H39N11O2S/c1-18(22-10-7-15-44(22)2)46-33-25-32(45(3)23(17-47-34(25)42-46)19-9-6-14-39-29(19)37)40-31(41-33)27-20-8-4-12-35(28(20)48-43-27)13-5-11-24-26(35)21(16-36)30(38)49-24/h6,9,14,18,22-23H,4-5,7-8,10-13,15,17,38H2,1-3H3,(H2,37,39)/t18-,22-,23?,35-/m0/s1. The van der Waals surface area contributed by atoms with Gasteiger partial charge in [-0.1, -0.05) is 11.2 Å². The second-order valence-electron chi connectivity index (χ2n) is 14.0. The summed E-state index contributed by atoms with van der Waals surface area (Å²) in [5.41, 5.74) is 17.2. The van der Waals surface area contributed by atoms with Crippen LogP contribution in [-0.4, -0.2) is 68.1 Å². The third kappa shape index (κ3) is 4.34. The van der Waals surface area contributed by atoms with E-state index in [9.17, 15) is 5.26 Å². The average Bonchev–Trinajstić information content (AvgIpc) is 3.88. The van der Waals surface area contributed by atoms with E-state index in [1.165, 1.54) is 4.88 Å². The van der Waals surface area contributed by atoms with Gasteiger partial charge in [0.15, 0.2) is 22.9 Å². The van der Waals surface area contributed by atoms with Crippen molar-refractivity contribution in [2.45, 2.75) is 81.8 Å². The summed E-state index contributed by atoms with van der Waals surface area (Å²) >= 11 is 1.54. The maximum Gasteiger partial charge on any atom is 0.246 e. The van der Waals surface area contributed by atoms with E-state index in [2.05, 4.69) is 34.8 Å². The Morgan fingerprint density at radius 1 is 1.14 bits per heavy atom. The van der Waals surface area contributed by atoms with E-state index in [0.717, 1.165) is 85.7 Å². The van der Waals surface area contributed by atoms with Crippen LogP contribution in [0.15, 0.2) is 22.9 Å². The van der Waals surface area contributed by atoms with Crippen molar-refractivity contribution in [3.63, 3.8) is 0 Å². The second kappa shape index (κ2) is 11.1. The van der Waals surface area contributed by atoms with Crippen LogP contribution in [0.4, 0.5) is 16.6 Å². The molecular weight excluding hydrogens is 639 g/mol. The number of pyridine rings is 1. The first kappa shape index (κ1) is 30.3. The van der Waals surface area contributed by atoms with Crippen molar-refractivity contribution in [1.82, 2.24) is 34.8 Å². The topological polar surface area (TPSA) is 174 Å². The van der Waals surface area contributed by atoms with Gasteiger partial charge in [-0.05, 0) is 83.5 Å². The number of ether oxygens (including phenoxy) is 1. The molecule has 1 spiro atoms. The summed E-state index contributed by atoms with van der Waals surface area (Å²) in [4.78, 5) is 20.5. The van der Waals surface area contributed by atoms with Gasteiger partial charge in [0.2, 0.25) is 5.88 Å². The summed E-state index contributed by atoms with van der Waals surface area (Å²) in [5, 5.41) is 21.3. The predicted octanol–water partition coefficient (Wildman–Crippen LogP) is 5.16. The first-order valence-electron chi connectivity index (χ1n) is 17.2. The van der Waals surface area contributed by atoms with Gasteiger partial charge in [-0.15, -0.1) is 16.4 Å². The zero-order valence-electron chi connectivity index (χ0n) is 27.9. The molecule has 2 aliphatic heterocycles. The quantitative estimate of drug-likeness (QED) is 0.256. The Morgan fingerprint density at radius 2 is 1.98 bits per heavy atom. The summed E-state index contributed by atoms with van der Waals surface area (Å²) in [6, 6.07) is 6.38. The van der Waals surface area contributed by atoms with Crippen LogP contribution in [0.3, 0.4) is 0 Å². The smallest absolute Gasteiger partial charge is 0.246 e. The second-order valence-corrected chi connectivity index (χ2v) is 15.2. The lowest BCUT2D eigenvalue weighted by Crippen LogP contribution is -2.35. The van der Waals surface area contributed by atoms with Crippen LogP contribution in [-0.2, 0) is 18.3 Å². The monoisotopic (exact) mass is 677 g/mol. The van der Waals surface area contributed by atoms with Crippen molar-refractivity contribution in [2.24, 2.45) is 0 Å². The number of aromatic nitrogens is 6. The molecule has 0 amide bonds. The molecule has 49 heavy (non-hydrogen) atoms. The number of nitrogens with zero attached hydrogens (tertiary/aromatic N) is 9. The van der Waals surface area contributed by atoms with E-state index < -0.39 is 5.41 Å². The summed E-state index contributed by atoms with van der Waals surface area (Å²) in [7, 11) is 4.18. The molecular formula is C35H39N11O2S. The Balaban J connectivity index is 1.24. The molecule has 4 aliphatic rings. The minimum atomic E-state index is -0.439. The van der Waals surface area contributed by atoms with Crippen LogP contribution in [0.25, 0.3) is 22.6 Å². The fraction of sp³-hybridized carbons (Fsp3) is 0.486. The van der Waals surface area contributed by atoms with Crippen LogP contribution in [0.2, 0.25) is 0 Å². The lowest BCUT2D eigenvalue weighted by atomic mass is 9.63. The molecule has 13 nitrogen and oxygen atoms in total. The minimum absolute atomic E-state index is 0.0426. The van der Waals surface area contributed by atoms with Crippen LogP contribution in [0.1, 0.15) is 90.4 Å². The van der Waals surface area contributed by atoms with E-state index in [0.29, 0.717) is 57.9 Å². The number of nitrogens with two attached hydrogens (primary N) is 2. The third-order valence-corrected chi connectivity index (χ3v) is 12.6. The molecule has 0 bridgehead atoms. The van der Waals surface area contributed by atoms with Gasteiger partial charge >= 0.3 is 0 Å². The molecule has 7 heterocycles. The molecule has 1 fully saturated rings. The van der Waals surface area contributed by atoms with Gasteiger partial charge in [0.1, 0.15) is 34.7 Å². The Hall–Kier alpha value is -4.74. The van der Waals surface area contributed by atoms with E-state index in [4.69, 9.17) is 41.0 Å². The van der Waals surface area contributed by atoms with Gasteiger partial charge in [-0.25, -0.2) is 19.6 Å². The molecule has 1 unspecified atom stereocenters. The number of nitriles is 1. The number of aryl methyl sites for hydroxylation is 1. The number of hydrogen-bond acceptors (Lipinski definition) is 13. The molecule has 0 radical (unpaired) electrons. The fourth-order valence-corrected chi connectivity index (χ4v) is 10.2. The van der Waals surface area contributed by atoms with Crippen molar-refractivity contribution >= 4 is 39.0 Å². The van der Waals surface area contributed by atoms with Gasteiger partial charge in [0, 0.05) is 35.3 Å². The number of anilines is 3. The number of nitrogen functional groups attached to an aromatic ring is 2. The Morgan fingerprint density at radius 3 is 2.76 bits per heavy atom. The van der Waals surface area contributed by atoms with Crippen LogP contribution in [0, 0.1) is 11.3 Å². The zero-order valence-corrected chi connectivity index (χ0v) is 28.8. The van der Waals surface area contributed by atoms with Gasteiger partial charge in [0.25, 0.3) is 0 Å². The van der Waals surface area contributed by atoms with Gasteiger partial charge in [0.05, 0.1) is 23.1 Å². The number of likely N-dealkylation sites (tertiary alicyclic amines) is 1. The number of hydrogen-bond donors (Lipinski definition) is 2. The highest BCUT2D eigenvalue weighted by Gasteiger charge is 2.49. The lowest BCUT2D eigenvalue weighted by Gasteiger charge is -2.39. The molecule has 9 rings (SSSR count). The zero-order chi connectivity index (χ0) is 33.6. The number of rotatable bonds is 4. The Kier molecular flexibility index (Phi) is 6.90. The van der Waals surface area contributed by atoms with Crippen molar-refractivity contribution in [1.29, 1.82) is 5.26 Å². The van der Waals surface area contributed by atoms with E-state index in [1.807, 2.05) is 23.9 Å². The largest absolute Gasteiger partial charge is 0.473 e. The first-order chi connectivity index (χ1) is 23.8. The van der Waals surface area contributed by atoms with E-state index >= 15 is 0 Å². The van der Waals surface area contributed by atoms with Crippen molar-refractivity contribution in [2.75, 3.05) is 43.6 Å². The summed E-state index contributed by atoms with van der Waals surface area (Å²) in [6.45, 7) is 3.58. The molecule has 0 saturated carbocycles. The van der Waals surface area contributed by atoms with Gasteiger partial charge in [-0.2, -0.15) is 5.26 Å². The van der Waals surface area contributed by atoms with Crippen molar-refractivity contribution < 1.29 is 9.26 Å². The maximum absolute atomic E-state index is 10.2. The molecule has 4 atom stereocenters. The van der Waals surface area contributed by atoms with Gasteiger partial charge in [-0.3, -0.25) is 0 Å². The summed E-state index contributed by atoms with van der Waals surface area (Å²) in [6.07, 6.45) is 9.32. The van der Waals surface area contributed by atoms with Gasteiger partial charge < -0.3 is 30.5 Å². The maximum atomic E-state index is 10.2. The highest BCUT2D eigenvalue weighted by atomic mass is 32.1. The van der Waals surface area contributed by atoms with Crippen LogP contribution >= 0.6 is 11.3 Å². The van der Waals surface area contributed by atoms with Crippen LogP contribution in [0.5, 0.6) is 5.88 Å². The average molecular weight is 678 g/mol. The molecule has 1 saturated heterocycles. The molecule has 5 aromatic heterocycles. The highest BCUT2D eigenvalue weighted by Crippen LogP contribution is 2.55. The number of likely N-dealkylation sites (N-methyl/N-ethyl adjacent to an activating group) is 2.